The minimum atomic E-state index is 0.299. The average molecular weight is 284 g/mol. The molecule has 1 unspecified atom stereocenters. The normalized spacial score (nSPS) is 12.1. The van der Waals surface area contributed by atoms with Gasteiger partial charge in [-0.15, -0.1) is 0 Å². The van der Waals surface area contributed by atoms with E-state index in [-0.39, 0.29) is 0 Å². The molecule has 0 saturated carbocycles. The van der Waals surface area contributed by atoms with Crippen molar-refractivity contribution < 1.29 is 4.74 Å². The predicted octanol–water partition coefficient (Wildman–Crippen LogP) is 4.12. The van der Waals surface area contributed by atoms with Gasteiger partial charge in [-0.25, -0.2) is 5.43 Å². The summed E-state index contributed by atoms with van der Waals surface area (Å²) in [5.74, 6) is 0. The van der Waals surface area contributed by atoms with E-state index in [0.29, 0.717) is 12.7 Å². The zero-order valence-corrected chi connectivity index (χ0v) is 12.8. The van der Waals surface area contributed by atoms with Gasteiger partial charge in [0.25, 0.3) is 0 Å². The Hall–Kier alpha value is -1.84. The van der Waals surface area contributed by atoms with Crippen LogP contribution in [0.25, 0.3) is 0 Å². The van der Waals surface area contributed by atoms with Crippen LogP contribution in [0.3, 0.4) is 0 Å². The Balaban J connectivity index is 1.87. The van der Waals surface area contributed by atoms with Crippen molar-refractivity contribution in [1.82, 2.24) is 5.43 Å². The molecule has 0 radical (unpaired) electrons. The number of para-hydroxylation sites is 1. The first kappa shape index (κ1) is 15.5. The van der Waals surface area contributed by atoms with Crippen LogP contribution in [0.4, 0.5) is 5.69 Å². The predicted molar refractivity (Wildman–Crippen MR) is 87.9 cm³/mol. The molecule has 0 spiro atoms. The van der Waals surface area contributed by atoms with Crippen LogP contribution >= 0.6 is 0 Å². The smallest absolute Gasteiger partial charge is 0.0723 e. The van der Waals surface area contributed by atoms with Crippen LogP contribution in [-0.4, -0.2) is 6.10 Å². The highest BCUT2D eigenvalue weighted by molar-refractivity contribution is 5.41. The van der Waals surface area contributed by atoms with Gasteiger partial charge in [-0.05, 0) is 36.6 Å². The molecular formula is C18H24N2O. The number of hydrogen-bond donors (Lipinski definition) is 2. The summed E-state index contributed by atoms with van der Waals surface area (Å²) in [4.78, 5) is 0. The highest BCUT2D eigenvalue weighted by Gasteiger charge is 2.04. The van der Waals surface area contributed by atoms with Crippen molar-refractivity contribution in [2.24, 2.45) is 0 Å². The first-order valence-corrected chi connectivity index (χ1v) is 7.52. The number of nitrogens with one attached hydrogen (secondary N) is 2. The third-order valence-electron chi connectivity index (χ3n) is 3.50. The monoisotopic (exact) mass is 284 g/mol. The van der Waals surface area contributed by atoms with Gasteiger partial charge in [0.1, 0.15) is 0 Å². The Bertz CT molecular complexity index is 528. The molecule has 21 heavy (non-hydrogen) atoms. The molecule has 0 amide bonds. The summed E-state index contributed by atoms with van der Waals surface area (Å²) in [6.45, 7) is 5.67. The van der Waals surface area contributed by atoms with Crippen molar-refractivity contribution in [3.63, 3.8) is 0 Å². The van der Waals surface area contributed by atoms with Gasteiger partial charge in [-0.2, -0.15) is 0 Å². The molecule has 2 aromatic carbocycles. The summed E-state index contributed by atoms with van der Waals surface area (Å²) in [5, 5.41) is 0. The molecule has 2 rings (SSSR count). The standard InChI is InChI=1S/C18H24N2O/c1-3-15(2)21-14-17-10-8-7-9-16(17)13-19-20-18-11-5-4-6-12-18/h4-12,15,19-20H,3,13-14H2,1-2H3. The van der Waals surface area contributed by atoms with E-state index in [1.165, 1.54) is 11.1 Å². The van der Waals surface area contributed by atoms with E-state index in [4.69, 9.17) is 4.74 Å². The molecule has 0 heterocycles. The van der Waals surface area contributed by atoms with Crippen molar-refractivity contribution in [2.45, 2.75) is 39.5 Å². The quantitative estimate of drug-likeness (QED) is 0.715. The van der Waals surface area contributed by atoms with E-state index in [1.807, 2.05) is 30.3 Å². The number of anilines is 1. The highest BCUT2D eigenvalue weighted by Crippen LogP contribution is 2.12. The maximum absolute atomic E-state index is 5.83. The van der Waals surface area contributed by atoms with Crippen LogP contribution < -0.4 is 10.9 Å². The lowest BCUT2D eigenvalue weighted by Gasteiger charge is -2.15. The summed E-state index contributed by atoms with van der Waals surface area (Å²) in [7, 11) is 0. The zero-order chi connectivity index (χ0) is 14.9. The summed E-state index contributed by atoms with van der Waals surface area (Å²) in [6, 6.07) is 18.5. The van der Waals surface area contributed by atoms with Crippen molar-refractivity contribution in [1.29, 1.82) is 0 Å². The van der Waals surface area contributed by atoms with Crippen LogP contribution in [-0.2, 0) is 17.9 Å². The molecule has 3 heteroatoms. The SMILES string of the molecule is CCC(C)OCc1ccccc1CNNc1ccccc1. The Morgan fingerprint density at radius 3 is 2.33 bits per heavy atom. The van der Waals surface area contributed by atoms with Gasteiger partial charge in [0.2, 0.25) is 0 Å². The second kappa shape index (κ2) is 8.45. The number of ether oxygens (including phenoxy) is 1. The fraction of sp³-hybridized carbons (Fsp3) is 0.333. The highest BCUT2D eigenvalue weighted by atomic mass is 16.5. The Morgan fingerprint density at radius 1 is 0.952 bits per heavy atom. The number of benzene rings is 2. The lowest BCUT2D eigenvalue weighted by Crippen LogP contribution is -2.21. The van der Waals surface area contributed by atoms with E-state index in [0.717, 1.165) is 18.7 Å². The average Bonchev–Trinajstić information content (AvgIpc) is 2.54. The number of hydrazine groups is 1. The lowest BCUT2D eigenvalue weighted by molar-refractivity contribution is 0.0504. The van der Waals surface area contributed by atoms with Gasteiger partial charge in [0.15, 0.2) is 0 Å². The zero-order valence-electron chi connectivity index (χ0n) is 12.8. The molecule has 112 valence electrons. The minimum absolute atomic E-state index is 0.299. The first-order chi connectivity index (χ1) is 10.3. The third kappa shape index (κ3) is 5.21. The Morgan fingerprint density at radius 2 is 1.62 bits per heavy atom. The Labute approximate surface area is 127 Å². The van der Waals surface area contributed by atoms with Crippen LogP contribution in [0.5, 0.6) is 0 Å². The van der Waals surface area contributed by atoms with Crippen molar-refractivity contribution in [3.05, 3.63) is 65.7 Å². The largest absolute Gasteiger partial charge is 0.374 e. The fourth-order valence-electron chi connectivity index (χ4n) is 1.98. The molecule has 0 aliphatic carbocycles. The summed E-state index contributed by atoms with van der Waals surface area (Å²) < 4.78 is 5.83. The molecule has 0 saturated heterocycles. The van der Waals surface area contributed by atoms with E-state index >= 15 is 0 Å². The molecule has 0 aliphatic heterocycles. The molecule has 0 bridgehead atoms. The molecule has 2 N–H and O–H groups in total. The molecule has 2 aromatic rings. The van der Waals surface area contributed by atoms with Gasteiger partial charge in [0, 0.05) is 12.2 Å². The van der Waals surface area contributed by atoms with Crippen LogP contribution in [0.1, 0.15) is 31.4 Å². The molecule has 0 aliphatic rings. The first-order valence-electron chi connectivity index (χ1n) is 7.52. The van der Waals surface area contributed by atoms with Gasteiger partial charge < -0.3 is 10.2 Å². The maximum atomic E-state index is 5.83. The summed E-state index contributed by atoms with van der Waals surface area (Å²) in [6.07, 6.45) is 1.34. The third-order valence-corrected chi connectivity index (χ3v) is 3.50. The van der Waals surface area contributed by atoms with E-state index in [2.05, 4.69) is 49.0 Å². The lowest BCUT2D eigenvalue weighted by atomic mass is 10.1. The van der Waals surface area contributed by atoms with Crippen molar-refractivity contribution in [3.8, 4) is 0 Å². The van der Waals surface area contributed by atoms with Crippen molar-refractivity contribution in [2.75, 3.05) is 5.43 Å². The van der Waals surface area contributed by atoms with E-state index in [1.54, 1.807) is 0 Å². The van der Waals surface area contributed by atoms with Gasteiger partial charge in [0.05, 0.1) is 12.7 Å². The molecule has 0 aromatic heterocycles. The second-order valence-electron chi connectivity index (χ2n) is 5.14. The van der Waals surface area contributed by atoms with E-state index in [9.17, 15) is 0 Å². The number of hydrogen-bond acceptors (Lipinski definition) is 3. The van der Waals surface area contributed by atoms with Gasteiger partial charge in [-0.3, -0.25) is 0 Å². The van der Waals surface area contributed by atoms with E-state index < -0.39 is 0 Å². The molecule has 1 atom stereocenters. The van der Waals surface area contributed by atoms with Crippen molar-refractivity contribution >= 4 is 5.69 Å². The molecule has 0 fully saturated rings. The maximum Gasteiger partial charge on any atom is 0.0723 e. The Kier molecular flexibility index (Phi) is 6.25. The van der Waals surface area contributed by atoms with Gasteiger partial charge in [-0.1, -0.05) is 49.4 Å². The molecular weight excluding hydrogens is 260 g/mol. The second-order valence-corrected chi connectivity index (χ2v) is 5.14. The topological polar surface area (TPSA) is 33.3 Å². The van der Waals surface area contributed by atoms with Gasteiger partial charge >= 0.3 is 0 Å². The molecule has 3 nitrogen and oxygen atoms in total. The minimum Gasteiger partial charge on any atom is -0.374 e. The number of rotatable bonds is 8. The summed E-state index contributed by atoms with van der Waals surface area (Å²) in [5.41, 5.74) is 10.0. The summed E-state index contributed by atoms with van der Waals surface area (Å²) >= 11 is 0. The van der Waals surface area contributed by atoms with Crippen LogP contribution in [0.2, 0.25) is 0 Å². The van der Waals surface area contributed by atoms with Crippen LogP contribution in [0, 0.1) is 0 Å². The van der Waals surface area contributed by atoms with Crippen LogP contribution in [0.15, 0.2) is 54.6 Å². The fourth-order valence-corrected chi connectivity index (χ4v) is 1.98.